The Balaban J connectivity index is 0.00000256. The number of nitrogens with one attached hydrogen (secondary N) is 1. The van der Waals surface area contributed by atoms with Crippen LogP contribution in [0.25, 0.3) is 0 Å². The molecular weight excluding hydrogens is 256 g/mol. The van der Waals surface area contributed by atoms with Crippen molar-refractivity contribution in [2.24, 2.45) is 11.1 Å². The first kappa shape index (κ1) is 17.1. The van der Waals surface area contributed by atoms with Gasteiger partial charge < -0.3 is 11.1 Å². The van der Waals surface area contributed by atoms with E-state index in [0.29, 0.717) is 6.54 Å². The number of hydrogen-bond donors (Lipinski definition) is 2. The summed E-state index contributed by atoms with van der Waals surface area (Å²) < 4.78 is 0.101. The largest absolute Gasteiger partial charge is 0.354 e. The van der Waals surface area contributed by atoms with E-state index in [2.05, 4.69) is 25.4 Å². The van der Waals surface area contributed by atoms with Crippen molar-refractivity contribution in [1.29, 1.82) is 0 Å². The Morgan fingerprint density at radius 3 is 2.35 bits per heavy atom. The lowest BCUT2D eigenvalue weighted by atomic mass is 9.85. The van der Waals surface area contributed by atoms with Gasteiger partial charge in [0, 0.05) is 17.8 Å². The Hall–Kier alpha value is 0.0700. The standard InChI is InChI=1S/C12H24N2OS.ClH/c1-11(2,16-3)9-14-10(15)12(8-13)6-4-5-7-12;/h4-9,13H2,1-3H3,(H,14,15);1H. The van der Waals surface area contributed by atoms with E-state index in [1.165, 1.54) is 0 Å². The van der Waals surface area contributed by atoms with Gasteiger partial charge in [-0.2, -0.15) is 11.8 Å². The summed E-state index contributed by atoms with van der Waals surface area (Å²) in [6.45, 7) is 5.48. The van der Waals surface area contributed by atoms with E-state index in [0.717, 1.165) is 32.2 Å². The van der Waals surface area contributed by atoms with Crippen LogP contribution in [0.4, 0.5) is 0 Å². The van der Waals surface area contributed by atoms with Crippen LogP contribution in [0.1, 0.15) is 39.5 Å². The first-order valence-electron chi connectivity index (χ1n) is 5.99. The van der Waals surface area contributed by atoms with Gasteiger partial charge in [-0.25, -0.2) is 0 Å². The van der Waals surface area contributed by atoms with Crippen molar-refractivity contribution in [2.45, 2.75) is 44.3 Å². The molecule has 1 amide bonds. The number of carbonyl (C=O) groups is 1. The van der Waals surface area contributed by atoms with Gasteiger partial charge in [0.15, 0.2) is 0 Å². The van der Waals surface area contributed by atoms with Gasteiger partial charge in [0.05, 0.1) is 5.41 Å². The molecule has 0 aromatic carbocycles. The van der Waals surface area contributed by atoms with Crippen LogP contribution in [-0.4, -0.2) is 30.0 Å². The molecule has 0 heterocycles. The molecule has 3 nitrogen and oxygen atoms in total. The van der Waals surface area contributed by atoms with Crippen LogP contribution >= 0.6 is 24.2 Å². The Morgan fingerprint density at radius 1 is 1.41 bits per heavy atom. The molecule has 0 unspecified atom stereocenters. The number of carbonyl (C=O) groups excluding carboxylic acids is 1. The van der Waals surface area contributed by atoms with Crippen molar-refractivity contribution >= 4 is 30.1 Å². The summed E-state index contributed by atoms with van der Waals surface area (Å²) >= 11 is 1.77. The Bertz CT molecular complexity index is 253. The highest BCUT2D eigenvalue weighted by Crippen LogP contribution is 2.37. The molecule has 0 spiro atoms. The van der Waals surface area contributed by atoms with E-state index in [-0.39, 0.29) is 28.5 Å². The molecule has 5 heteroatoms. The number of nitrogens with two attached hydrogens (primary N) is 1. The van der Waals surface area contributed by atoms with Crippen LogP contribution in [-0.2, 0) is 4.79 Å². The molecule has 17 heavy (non-hydrogen) atoms. The first-order chi connectivity index (χ1) is 7.46. The summed E-state index contributed by atoms with van der Waals surface area (Å²) in [5, 5.41) is 3.07. The van der Waals surface area contributed by atoms with Crippen molar-refractivity contribution in [3.63, 3.8) is 0 Å². The monoisotopic (exact) mass is 280 g/mol. The Morgan fingerprint density at radius 2 is 1.94 bits per heavy atom. The fraction of sp³-hybridized carbons (Fsp3) is 0.917. The maximum Gasteiger partial charge on any atom is 0.227 e. The molecule has 3 N–H and O–H groups in total. The van der Waals surface area contributed by atoms with Crippen molar-refractivity contribution < 1.29 is 4.79 Å². The smallest absolute Gasteiger partial charge is 0.227 e. The highest BCUT2D eigenvalue weighted by molar-refractivity contribution is 7.99. The zero-order valence-corrected chi connectivity index (χ0v) is 12.7. The zero-order valence-electron chi connectivity index (χ0n) is 11.0. The zero-order chi connectivity index (χ0) is 12.2. The Kier molecular flexibility index (Phi) is 6.89. The maximum atomic E-state index is 12.2. The van der Waals surface area contributed by atoms with Crippen molar-refractivity contribution in [3.8, 4) is 0 Å². The predicted octanol–water partition coefficient (Wildman–Crippen LogP) is 2.19. The minimum atomic E-state index is -0.269. The average Bonchev–Trinajstić information content (AvgIpc) is 2.76. The minimum Gasteiger partial charge on any atom is -0.354 e. The van der Waals surface area contributed by atoms with Gasteiger partial charge in [0.25, 0.3) is 0 Å². The first-order valence-corrected chi connectivity index (χ1v) is 7.22. The fourth-order valence-corrected chi connectivity index (χ4v) is 2.34. The second kappa shape index (κ2) is 6.86. The van der Waals surface area contributed by atoms with Crippen LogP contribution < -0.4 is 11.1 Å². The molecule has 0 aromatic heterocycles. The summed E-state index contributed by atoms with van der Waals surface area (Å²) in [6.07, 6.45) is 6.25. The molecule has 0 saturated heterocycles. The van der Waals surface area contributed by atoms with E-state index in [4.69, 9.17) is 5.73 Å². The van der Waals surface area contributed by atoms with Gasteiger partial charge in [-0.15, -0.1) is 12.4 Å². The van der Waals surface area contributed by atoms with E-state index >= 15 is 0 Å². The minimum absolute atomic E-state index is 0. The van der Waals surface area contributed by atoms with Gasteiger partial charge in [0.1, 0.15) is 0 Å². The third-order valence-corrected chi connectivity index (χ3v) is 4.91. The molecular formula is C12H25ClN2OS. The molecule has 0 aromatic rings. The summed E-state index contributed by atoms with van der Waals surface area (Å²) in [5.41, 5.74) is 5.51. The summed E-state index contributed by atoms with van der Waals surface area (Å²) in [6, 6.07) is 0. The average molecular weight is 281 g/mol. The van der Waals surface area contributed by atoms with Crippen molar-refractivity contribution in [3.05, 3.63) is 0 Å². The number of thioether (sulfide) groups is 1. The summed E-state index contributed by atoms with van der Waals surface area (Å²) in [5.74, 6) is 0.162. The van der Waals surface area contributed by atoms with Crippen LogP contribution in [0.15, 0.2) is 0 Å². The van der Waals surface area contributed by atoms with Gasteiger partial charge in [-0.3, -0.25) is 4.79 Å². The normalized spacial score (nSPS) is 18.6. The highest BCUT2D eigenvalue weighted by atomic mass is 35.5. The number of rotatable bonds is 5. The molecule has 1 aliphatic rings. The lowest BCUT2D eigenvalue weighted by molar-refractivity contribution is -0.130. The molecule has 0 aliphatic heterocycles. The van der Waals surface area contributed by atoms with Crippen LogP contribution in [0.5, 0.6) is 0 Å². The van der Waals surface area contributed by atoms with Gasteiger partial charge in [-0.05, 0) is 32.9 Å². The van der Waals surface area contributed by atoms with Crippen molar-refractivity contribution in [1.82, 2.24) is 5.32 Å². The topological polar surface area (TPSA) is 55.1 Å². The maximum absolute atomic E-state index is 12.2. The third kappa shape index (κ3) is 4.34. The predicted molar refractivity (Wildman–Crippen MR) is 77.8 cm³/mol. The van der Waals surface area contributed by atoms with Gasteiger partial charge in [0.2, 0.25) is 5.91 Å². The quantitative estimate of drug-likeness (QED) is 0.812. The lowest BCUT2D eigenvalue weighted by Gasteiger charge is -2.29. The SMILES string of the molecule is CSC(C)(C)CNC(=O)C1(CN)CCCC1.Cl. The highest BCUT2D eigenvalue weighted by Gasteiger charge is 2.40. The van der Waals surface area contributed by atoms with E-state index in [9.17, 15) is 4.79 Å². The fourth-order valence-electron chi connectivity index (χ4n) is 2.13. The van der Waals surface area contributed by atoms with Gasteiger partial charge in [-0.1, -0.05) is 12.8 Å². The molecule has 1 fully saturated rings. The number of amides is 1. The van der Waals surface area contributed by atoms with Gasteiger partial charge >= 0.3 is 0 Å². The van der Waals surface area contributed by atoms with Crippen molar-refractivity contribution in [2.75, 3.05) is 19.3 Å². The van der Waals surface area contributed by atoms with Crippen LogP contribution in [0.3, 0.4) is 0 Å². The summed E-state index contributed by atoms with van der Waals surface area (Å²) in [4.78, 5) is 12.2. The van der Waals surface area contributed by atoms with Crippen LogP contribution in [0, 0.1) is 5.41 Å². The lowest BCUT2D eigenvalue weighted by Crippen LogP contribution is -2.47. The molecule has 102 valence electrons. The molecule has 0 radical (unpaired) electrons. The molecule has 0 atom stereocenters. The molecule has 1 saturated carbocycles. The molecule has 1 aliphatic carbocycles. The number of hydrogen-bond acceptors (Lipinski definition) is 3. The van der Waals surface area contributed by atoms with E-state index in [1.54, 1.807) is 11.8 Å². The summed E-state index contributed by atoms with van der Waals surface area (Å²) in [7, 11) is 0. The van der Waals surface area contributed by atoms with Crippen LogP contribution in [0.2, 0.25) is 0 Å². The Labute approximate surface area is 115 Å². The molecule has 1 rings (SSSR count). The molecule has 0 bridgehead atoms. The second-order valence-electron chi connectivity index (χ2n) is 5.34. The van der Waals surface area contributed by atoms with E-state index in [1.807, 2.05) is 0 Å². The third-order valence-electron chi connectivity index (χ3n) is 3.66. The number of halogens is 1. The second-order valence-corrected chi connectivity index (χ2v) is 6.85. The van der Waals surface area contributed by atoms with E-state index < -0.39 is 0 Å².